The molecule has 0 heterocycles. The fourth-order valence-electron chi connectivity index (χ4n) is 1.11. The molecule has 0 fully saturated rings. The van der Waals surface area contributed by atoms with E-state index in [0.29, 0.717) is 0 Å². The van der Waals surface area contributed by atoms with E-state index in [1.54, 1.807) is 6.08 Å². The number of nitrogens with two attached hydrogens (primary N) is 1. The Bertz CT molecular complexity index is 312. The largest absolute Gasteiger partial charge is 0.324 e. The molecule has 0 saturated heterocycles. The standard InChI is InChI=1S/C10H11ClIN/c1-2-3-10(13)8-6-7(12)4-5-9(8)11/h2,4-6,10H,1,3,13H2. The Labute approximate surface area is 97.1 Å². The van der Waals surface area contributed by atoms with Gasteiger partial charge in [0.05, 0.1) is 0 Å². The number of benzene rings is 1. The SMILES string of the molecule is C=CCC(N)c1cc(I)ccc1Cl. The van der Waals surface area contributed by atoms with E-state index in [1.807, 2.05) is 18.2 Å². The fourth-order valence-corrected chi connectivity index (χ4v) is 1.88. The van der Waals surface area contributed by atoms with Crippen LogP contribution < -0.4 is 5.73 Å². The second-order valence-electron chi connectivity index (χ2n) is 2.80. The van der Waals surface area contributed by atoms with Gasteiger partial charge < -0.3 is 5.73 Å². The van der Waals surface area contributed by atoms with Crippen molar-refractivity contribution in [1.29, 1.82) is 0 Å². The third kappa shape index (κ3) is 2.97. The fraction of sp³-hybridized carbons (Fsp3) is 0.200. The number of hydrogen-bond donors (Lipinski definition) is 1. The van der Waals surface area contributed by atoms with Gasteiger partial charge in [0, 0.05) is 14.6 Å². The second-order valence-corrected chi connectivity index (χ2v) is 4.45. The molecule has 1 nitrogen and oxygen atoms in total. The van der Waals surface area contributed by atoms with Crippen molar-refractivity contribution in [1.82, 2.24) is 0 Å². The van der Waals surface area contributed by atoms with Gasteiger partial charge in [0.25, 0.3) is 0 Å². The minimum atomic E-state index is -0.0419. The van der Waals surface area contributed by atoms with Crippen LogP contribution >= 0.6 is 34.2 Å². The van der Waals surface area contributed by atoms with Crippen molar-refractivity contribution in [3.8, 4) is 0 Å². The quantitative estimate of drug-likeness (QED) is 0.671. The number of halogens is 2. The van der Waals surface area contributed by atoms with E-state index < -0.39 is 0 Å². The van der Waals surface area contributed by atoms with Gasteiger partial charge in [-0.3, -0.25) is 0 Å². The summed E-state index contributed by atoms with van der Waals surface area (Å²) in [6, 6.07) is 5.81. The highest BCUT2D eigenvalue weighted by Gasteiger charge is 2.08. The van der Waals surface area contributed by atoms with Gasteiger partial charge in [0.15, 0.2) is 0 Å². The van der Waals surface area contributed by atoms with Crippen LogP contribution in [-0.4, -0.2) is 0 Å². The molecule has 0 saturated carbocycles. The highest BCUT2D eigenvalue weighted by Crippen LogP contribution is 2.25. The maximum absolute atomic E-state index is 6.01. The van der Waals surface area contributed by atoms with Gasteiger partial charge in [-0.25, -0.2) is 0 Å². The van der Waals surface area contributed by atoms with Crippen molar-refractivity contribution in [2.45, 2.75) is 12.5 Å². The predicted molar refractivity (Wildman–Crippen MR) is 65.9 cm³/mol. The maximum Gasteiger partial charge on any atom is 0.0454 e. The molecular weight excluding hydrogens is 296 g/mol. The van der Waals surface area contributed by atoms with Crippen molar-refractivity contribution in [2.75, 3.05) is 0 Å². The summed E-state index contributed by atoms with van der Waals surface area (Å²) in [5, 5.41) is 0.731. The summed E-state index contributed by atoms with van der Waals surface area (Å²) in [6.07, 6.45) is 2.56. The lowest BCUT2D eigenvalue weighted by atomic mass is 10.1. The Balaban J connectivity index is 2.97. The molecule has 1 aromatic carbocycles. The predicted octanol–water partition coefficient (Wildman–Crippen LogP) is 3.52. The smallest absolute Gasteiger partial charge is 0.0454 e. The molecule has 3 heteroatoms. The molecule has 1 aromatic rings. The Morgan fingerprint density at radius 3 is 2.92 bits per heavy atom. The van der Waals surface area contributed by atoms with Crippen molar-refractivity contribution in [2.24, 2.45) is 5.73 Å². The molecule has 0 aromatic heterocycles. The van der Waals surface area contributed by atoms with Crippen LogP contribution in [0.2, 0.25) is 5.02 Å². The van der Waals surface area contributed by atoms with E-state index in [1.165, 1.54) is 0 Å². The molecule has 0 bridgehead atoms. The van der Waals surface area contributed by atoms with Gasteiger partial charge >= 0.3 is 0 Å². The Morgan fingerprint density at radius 1 is 1.62 bits per heavy atom. The van der Waals surface area contributed by atoms with Crippen LogP contribution in [0.3, 0.4) is 0 Å². The Morgan fingerprint density at radius 2 is 2.31 bits per heavy atom. The van der Waals surface area contributed by atoms with Gasteiger partial charge in [0.2, 0.25) is 0 Å². The molecule has 1 rings (SSSR count). The van der Waals surface area contributed by atoms with Crippen LogP contribution in [0, 0.1) is 3.57 Å². The average Bonchev–Trinajstić information content (AvgIpc) is 2.09. The zero-order chi connectivity index (χ0) is 9.84. The second kappa shape index (κ2) is 4.98. The molecule has 70 valence electrons. The summed E-state index contributed by atoms with van der Waals surface area (Å²) < 4.78 is 1.15. The van der Waals surface area contributed by atoms with Crippen LogP contribution in [0.5, 0.6) is 0 Å². The van der Waals surface area contributed by atoms with Gasteiger partial charge in [-0.05, 0) is 52.8 Å². The van der Waals surface area contributed by atoms with Crippen LogP contribution in [0.25, 0.3) is 0 Å². The van der Waals surface area contributed by atoms with Crippen molar-refractivity contribution < 1.29 is 0 Å². The summed E-state index contributed by atoms with van der Waals surface area (Å²) in [7, 11) is 0. The van der Waals surface area contributed by atoms with Crippen LogP contribution in [0.4, 0.5) is 0 Å². The molecule has 0 radical (unpaired) electrons. The van der Waals surface area contributed by atoms with Gasteiger partial charge in [0.1, 0.15) is 0 Å². The molecule has 2 N–H and O–H groups in total. The Hall–Kier alpha value is -0.0600. The third-order valence-corrected chi connectivity index (χ3v) is 2.79. The van der Waals surface area contributed by atoms with Gasteiger partial charge in [-0.1, -0.05) is 17.7 Å². The molecule has 0 aliphatic carbocycles. The zero-order valence-corrected chi connectivity index (χ0v) is 10.0. The van der Waals surface area contributed by atoms with E-state index >= 15 is 0 Å². The monoisotopic (exact) mass is 307 g/mol. The van der Waals surface area contributed by atoms with Crippen molar-refractivity contribution >= 4 is 34.2 Å². The average molecular weight is 308 g/mol. The first-order chi connectivity index (χ1) is 6.15. The number of hydrogen-bond acceptors (Lipinski definition) is 1. The lowest BCUT2D eigenvalue weighted by molar-refractivity contribution is 0.741. The van der Waals surface area contributed by atoms with E-state index in [-0.39, 0.29) is 6.04 Å². The summed E-state index contributed by atoms with van der Waals surface area (Å²) in [4.78, 5) is 0. The maximum atomic E-state index is 6.01. The van der Waals surface area contributed by atoms with Crippen molar-refractivity contribution in [3.05, 3.63) is 45.0 Å². The first-order valence-electron chi connectivity index (χ1n) is 3.96. The minimum Gasteiger partial charge on any atom is -0.324 e. The summed E-state index contributed by atoms with van der Waals surface area (Å²) in [6.45, 7) is 3.65. The van der Waals surface area contributed by atoms with Crippen molar-refractivity contribution in [3.63, 3.8) is 0 Å². The molecular formula is C10H11ClIN. The molecule has 0 amide bonds. The topological polar surface area (TPSA) is 26.0 Å². The molecule has 0 spiro atoms. The molecule has 0 aliphatic heterocycles. The summed E-state index contributed by atoms with van der Waals surface area (Å²) in [5.41, 5.74) is 6.91. The molecule has 1 atom stereocenters. The molecule has 13 heavy (non-hydrogen) atoms. The number of rotatable bonds is 3. The highest BCUT2D eigenvalue weighted by molar-refractivity contribution is 14.1. The van der Waals surface area contributed by atoms with Gasteiger partial charge in [-0.15, -0.1) is 6.58 Å². The minimum absolute atomic E-state index is 0.0419. The lowest BCUT2D eigenvalue weighted by Crippen LogP contribution is -2.09. The van der Waals surface area contributed by atoms with Crippen LogP contribution in [0.1, 0.15) is 18.0 Å². The highest BCUT2D eigenvalue weighted by atomic mass is 127. The molecule has 1 unspecified atom stereocenters. The van der Waals surface area contributed by atoms with E-state index in [0.717, 1.165) is 20.6 Å². The Kier molecular flexibility index (Phi) is 4.22. The van der Waals surface area contributed by atoms with Crippen LogP contribution in [-0.2, 0) is 0 Å². The third-order valence-electron chi connectivity index (χ3n) is 1.78. The van der Waals surface area contributed by atoms with E-state index in [9.17, 15) is 0 Å². The lowest BCUT2D eigenvalue weighted by Gasteiger charge is -2.11. The molecule has 0 aliphatic rings. The summed E-state index contributed by atoms with van der Waals surface area (Å²) in [5.74, 6) is 0. The summed E-state index contributed by atoms with van der Waals surface area (Å²) >= 11 is 8.25. The first-order valence-corrected chi connectivity index (χ1v) is 5.42. The van der Waals surface area contributed by atoms with Crippen LogP contribution in [0.15, 0.2) is 30.9 Å². The van der Waals surface area contributed by atoms with E-state index in [2.05, 4.69) is 29.2 Å². The normalized spacial score (nSPS) is 12.5. The van der Waals surface area contributed by atoms with Gasteiger partial charge in [-0.2, -0.15) is 0 Å². The zero-order valence-electron chi connectivity index (χ0n) is 7.13. The first kappa shape index (κ1) is 11.0. The van der Waals surface area contributed by atoms with E-state index in [4.69, 9.17) is 17.3 Å².